The molecule has 1 heterocycles. The molecule has 2 rings (SSSR count). The molecule has 1 aromatic heterocycles. The van der Waals surface area contributed by atoms with Crippen LogP contribution in [0.2, 0.25) is 0 Å². The Balaban J connectivity index is 2.25. The van der Waals surface area contributed by atoms with E-state index in [1.54, 1.807) is 0 Å². The molecule has 2 aromatic rings. The number of nitrogens with zero attached hydrogens (tertiary/aromatic N) is 3. The molecule has 112 valence electrons. The van der Waals surface area contributed by atoms with E-state index in [1.807, 2.05) is 6.92 Å². The highest BCUT2D eigenvalue weighted by atomic mass is 19.1. The van der Waals surface area contributed by atoms with Crippen LogP contribution >= 0.6 is 0 Å². The maximum absolute atomic E-state index is 13.2. The smallest absolute Gasteiger partial charge is 0.322 e. The quantitative estimate of drug-likeness (QED) is 0.853. The van der Waals surface area contributed by atoms with Gasteiger partial charge in [0.25, 0.3) is 0 Å². The molecule has 2 N–H and O–H groups in total. The van der Waals surface area contributed by atoms with Gasteiger partial charge in [-0.05, 0) is 18.6 Å². The maximum atomic E-state index is 13.2. The molecule has 0 aliphatic rings. The second-order valence-electron chi connectivity index (χ2n) is 4.18. The van der Waals surface area contributed by atoms with Gasteiger partial charge >= 0.3 is 6.01 Å². The molecular formula is C13H15F2N5O. The van der Waals surface area contributed by atoms with E-state index in [9.17, 15) is 8.78 Å². The van der Waals surface area contributed by atoms with Crippen LogP contribution in [0.25, 0.3) is 0 Å². The molecule has 0 aliphatic carbocycles. The molecular weight excluding hydrogens is 280 g/mol. The zero-order valence-corrected chi connectivity index (χ0v) is 11.7. The van der Waals surface area contributed by atoms with Crippen LogP contribution in [0.5, 0.6) is 6.01 Å². The fourth-order valence-electron chi connectivity index (χ4n) is 1.57. The van der Waals surface area contributed by atoms with Gasteiger partial charge < -0.3 is 15.4 Å². The zero-order chi connectivity index (χ0) is 15.2. The van der Waals surface area contributed by atoms with Gasteiger partial charge in [-0.15, -0.1) is 0 Å². The molecule has 8 heteroatoms. The van der Waals surface area contributed by atoms with Crippen molar-refractivity contribution in [2.75, 3.05) is 24.3 Å². The SMILES string of the molecule is CCCNc1nc(Nc2cc(F)cc(F)c2)nc(OC)n1. The zero-order valence-electron chi connectivity index (χ0n) is 11.7. The number of ether oxygens (including phenoxy) is 1. The second-order valence-corrected chi connectivity index (χ2v) is 4.18. The molecule has 0 unspecified atom stereocenters. The molecule has 0 bridgehead atoms. The van der Waals surface area contributed by atoms with Gasteiger partial charge in [-0.3, -0.25) is 0 Å². The Morgan fingerprint density at radius 3 is 2.33 bits per heavy atom. The van der Waals surface area contributed by atoms with Crippen molar-refractivity contribution in [2.45, 2.75) is 13.3 Å². The van der Waals surface area contributed by atoms with Crippen molar-refractivity contribution in [1.29, 1.82) is 0 Å². The standard InChI is InChI=1S/C13H15F2N5O/c1-3-4-16-11-18-12(20-13(19-11)21-2)17-10-6-8(14)5-9(15)7-10/h5-7H,3-4H2,1-2H3,(H2,16,17,18,19,20). The van der Waals surface area contributed by atoms with Crippen LogP contribution in [0, 0.1) is 11.6 Å². The summed E-state index contributed by atoms with van der Waals surface area (Å²) in [6, 6.07) is 3.16. The summed E-state index contributed by atoms with van der Waals surface area (Å²) in [4.78, 5) is 12.1. The van der Waals surface area contributed by atoms with E-state index in [1.165, 1.54) is 7.11 Å². The molecule has 0 spiro atoms. The van der Waals surface area contributed by atoms with Gasteiger partial charge in [-0.1, -0.05) is 6.92 Å². The lowest BCUT2D eigenvalue weighted by Crippen LogP contribution is -2.09. The predicted molar refractivity (Wildman–Crippen MR) is 74.8 cm³/mol. The maximum Gasteiger partial charge on any atom is 0.322 e. The molecule has 0 amide bonds. The molecule has 0 aliphatic heterocycles. The van der Waals surface area contributed by atoms with Gasteiger partial charge in [0, 0.05) is 18.3 Å². The third-order valence-corrected chi connectivity index (χ3v) is 2.45. The monoisotopic (exact) mass is 295 g/mol. The largest absolute Gasteiger partial charge is 0.467 e. The number of halogens is 2. The molecule has 0 saturated heterocycles. The number of methoxy groups -OCH3 is 1. The van der Waals surface area contributed by atoms with Gasteiger partial charge in [0.15, 0.2) is 0 Å². The van der Waals surface area contributed by atoms with Crippen molar-refractivity contribution < 1.29 is 13.5 Å². The van der Waals surface area contributed by atoms with Crippen LogP contribution in [-0.4, -0.2) is 28.6 Å². The number of hydrogen-bond acceptors (Lipinski definition) is 6. The van der Waals surface area contributed by atoms with Gasteiger partial charge in [0.2, 0.25) is 11.9 Å². The Kier molecular flexibility index (Phi) is 4.81. The summed E-state index contributed by atoms with van der Waals surface area (Å²) in [6.45, 7) is 2.68. The van der Waals surface area contributed by atoms with Gasteiger partial charge in [0.1, 0.15) is 11.6 Å². The Morgan fingerprint density at radius 1 is 1.05 bits per heavy atom. The summed E-state index contributed by atoms with van der Waals surface area (Å²) >= 11 is 0. The van der Waals surface area contributed by atoms with Gasteiger partial charge in [-0.25, -0.2) is 8.78 Å². The van der Waals surface area contributed by atoms with E-state index in [4.69, 9.17) is 4.74 Å². The van der Waals surface area contributed by atoms with Crippen LogP contribution in [0.4, 0.5) is 26.4 Å². The number of hydrogen-bond donors (Lipinski definition) is 2. The Bertz CT molecular complexity index is 603. The highest BCUT2D eigenvalue weighted by Gasteiger charge is 2.08. The summed E-state index contributed by atoms with van der Waals surface area (Å²) < 4.78 is 31.3. The van der Waals surface area contributed by atoms with E-state index < -0.39 is 11.6 Å². The third-order valence-electron chi connectivity index (χ3n) is 2.45. The minimum Gasteiger partial charge on any atom is -0.467 e. The summed E-state index contributed by atoms with van der Waals surface area (Å²) in [5.74, 6) is -0.931. The van der Waals surface area contributed by atoms with E-state index in [0.717, 1.165) is 24.6 Å². The van der Waals surface area contributed by atoms with Crippen molar-refractivity contribution in [3.05, 3.63) is 29.8 Å². The number of benzene rings is 1. The van der Waals surface area contributed by atoms with Crippen molar-refractivity contribution in [1.82, 2.24) is 15.0 Å². The first-order valence-electron chi connectivity index (χ1n) is 6.37. The van der Waals surface area contributed by atoms with Crippen LogP contribution in [-0.2, 0) is 0 Å². The van der Waals surface area contributed by atoms with Crippen LogP contribution in [0.3, 0.4) is 0 Å². The van der Waals surface area contributed by atoms with Crippen LogP contribution < -0.4 is 15.4 Å². The first-order valence-corrected chi connectivity index (χ1v) is 6.37. The summed E-state index contributed by atoms with van der Waals surface area (Å²) in [6.07, 6.45) is 0.895. The van der Waals surface area contributed by atoms with Crippen molar-refractivity contribution in [3.8, 4) is 6.01 Å². The summed E-state index contributed by atoms with van der Waals surface area (Å²) in [5.41, 5.74) is 0.196. The van der Waals surface area contributed by atoms with E-state index in [-0.39, 0.29) is 17.6 Å². The lowest BCUT2D eigenvalue weighted by Gasteiger charge is -2.09. The minimum absolute atomic E-state index is 0.1000. The highest BCUT2D eigenvalue weighted by molar-refractivity contribution is 5.54. The Labute approximate surface area is 120 Å². The third kappa shape index (κ3) is 4.23. The van der Waals surface area contributed by atoms with Crippen molar-refractivity contribution >= 4 is 17.6 Å². The summed E-state index contributed by atoms with van der Waals surface area (Å²) in [5, 5.41) is 5.70. The molecule has 1 aromatic carbocycles. The number of anilines is 3. The Morgan fingerprint density at radius 2 is 1.71 bits per heavy atom. The fraction of sp³-hybridized carbons (Fsp3) is 0.308. The minimum atomic E-state index is -0.692. The fourth-order valence-corrected chi connectivity index (χ4v) is 1.57. The van der Waals surface area contributed by atoms with E-state index in [2.05, 4.69) is 25.6 Å². The lowest BCUT2D eigenvalue weighted by molar-refractivity contribution is 0.379. The molecule has 0 radical (unpaired) electrons. The molecule has 0 atom stereocenters. The van der Waals surface area contributed by atoms with E-state index in [0.29, 0.717) is 12.5 Å². The highest BCUT2D eigenvalue weighted by Crippen LogP contribution is 2.18. The number of rotatable bonds is 6. The number of aromatic nitrogens is 3. The van der Waals surface area contributed by atoms with E-state index >= 15 is 0 Å². The summed E-state index contributed by atoms with van der Waals surface area (Å²) in [7, 11) is 1.42. The normalized spacial score (nSPS) is 10.3. The Hall–Kier alpha value is -2.51. The van der Waals surface area contributed by atoms with Crippen LogP contribution in [0.1, 0.15) is 13.3 Å². The van der Waals surface area contributed by atoms with Crippen molar-refractivity contribution in [3.63, 3.8) is 0 Å². The average Bonchev–Trinajstić information content (AvgIpc) is 2.43. The molecule has 0 saturated carbocycles. The average molecular weight is 295 g/mol. The molecule has 6 nitrogen and oxygen atoms in total. The topological polar surface area (TPSA) is 72.0 Å². The first-order chi connectivity index (χ1) is 10.1. The molecule has 21 heavy (non-hydrogen) atoms. The first kappa shape index (κ1) is 14.9. The van der Waals surface area contributed by atoms with Gasteiger partial charge in [-0.2, -0.15) is 15.0 Å². The second kappa shape index (κ2) is 6.78. The lowest BCUT2D eigenvalue weighted by atomic mass is 10.3. The number of nitrogens with one attached hydrogen (secondary N) is 2. The predicted octanol–water partition coefficient (Wildman–Crippen LogP) is 2.72. The van der Waals surface area contributed by atoms with Crippen LogP contribution in [0.15, 0.2) is 18.2 Å². The molecule has 0 fully saturated rings. The van der Waals surface area contributed by atoms with Crippen molar-refractivity contribution in [2.24, 2.45) is 0 Å². The van der Waals surface area contributed by atoms with Gasteiger partial charge in [0.05, 0.1) is 7.11 Å².